The fourth-order valence-corrected chi connectivity index (χ4v) is 1.53. The largest absolute Gasteiger partial charge is 0.304 e. The van der Waals surface area contributed by atoms with Crippen LogP contribution < -0.4 is 5.32 Å². The van der Waals surface area contributed by atoms with E-state index in [4.69, 9.17) is 0 Å². The monoisotopic (exact) mass is 278 g/mol. The fraction of sp³-hybridized carbons (Fsp3) is 0. The van der Waals surface area contributed by atoms with Gasteiger partial charge < -0.3 is 5.32 Å². The normalized spacial score (nSPS) is 9.81. The number of amides is 1. The van der Waals surface area contributed by atoms with Gasteiger partial charge in [-0.05, 0) is 28.1 Å². The molecular weight excluding hydrogens is 272 g/mol. The number of aromatic nitrogens is 3. The highest BCUT2D eigenvalue weighted by Gasteiger charge is 2.11. The molecule has 0 atom stereocenters. The maximum atomic E-state index is 11.8. The second kappa shape index (κ2) is 4.80. The highest BCUT2D eigenvalue weighted by atomic mass is 79.9. The molecule has 0 aliphatic carbocycles. The van der Waals surface area contributed by atoms with Crippen molar-refractivity contribution in [2.45, 2.75) is 0 Å². The zero-order valence-corrected chi connectivity index (χ0v) is 9.68. The van der Waals surface area contributed by atoms with Gasteiger partial charge in [0.25, 0.3) is 5.91 Å². The van der Waals surface area contributed by atoms with Crippen molar-refractivity contribution in [1.82, 2.24) is 15.0 Å². The van der Waals surface area contributed by atoms with E-state index < -0.39 is 0 Å². The molecule has 0 saturated heterocycles. The molecule has 0 aromatic carbocycles. The van der Waals surface area contributed by atoms with E-state index in [1.807, 2.05) is 0 Å². The molecule has 0 aliphatic rings. The minimum absolute atomic E-state index is 0.313. The number of nitrogens with one attached hydrogen (secondary N) is 1. The van der Waals surface area contributed by atoms with Gasteiger partial charge in [0, 0.05) is 23.1 Å². The van der Waals surface area contributed by atoms with Gasteiger partial charge in [0.2, 0.25) is 0 Å². The van der Waals surface area contributed by atoms with E-state index in [1.54, 1.807) is 18.3 Å². The summed E-state index contributed by atoms with van der Waals surface area (Å²) in [7, 11) is 0. The van der Waals surface area contributed by atoms with Crippen LogP contribution in [0.1, 0.15) is 10.5 Å². The van der Waals surface area contributed by atoms with Gasteiger partial charge in [0.05, 0.1) is 6.20 Å². The van der Waals surface area contributed by atoms with Gasteiger partial charge in [-0.2, -0.15) is 0 Å². The van der Waals surface area contributed by atoms with Crippen LogP contribution in [0.2, 0.25) is 0 Å². The summed E-state index contributed by atoms with van der Waals surface area (Å²) < 4.78 is 0.636. The zero-order valence-electron chi connectivity index (χ0n) is 8.09. The number of hydrogen-bond acceptors (Lipinski definition) is 4. The summed E-state index contributed by atoms with van der Waals surface area (Å²) >= 11 is 3.25. The Morgan fingerprint density at radius 2 is 2.12 bits per heavy atom. The first-order chi connectivity index (χ1) is 7.77. The Bertz CT molecular complexity index is 503. The summed E-state index contributed by atoms with van der Waals surface area (Å²) in [5.41, 5.74) is 0.313. The highest BCUT2D eigenvalue weighted by molar-refractivity contribution is 9.10. The van der Waals surface area contributed by atoms with E-state index in [2.05, 4.69) is 36.2 Å². The third-order valence-electron chi connectivity index (χ3n) is 1.78. The van der Waals surface area contributed by atoms with Crippen molar-refractivity contribution < 1.29 is 4.79 Å². The van der Waals surface area contributed by atoms with Crippen LogP contribution in [-0.2, 0) is 0 Å². The van der Waals surface area contributed by atoms with Crippen LogP contribution in [0.25, 0.3) is 0 Å². The molecule has 2 aromatic rings. The average molecular weight is 279 g/mol. The van der Waals surface area contributed by atoms with E-state index >= 15 is 0 Å². The summed E-state index contributed by atoms with van der Waals surface area (Å²) in [6.45, 7) is 0. The number of halogens is 1. The predicted octanol–water partition coefficient (Wildman–Crippen LogP) is 1.89. The van der Waals surface area contributed by atoms with E-state index in [9.17, 15) is 4.79 Å². The molecule has 0 spiro atoms. The molecule has 80 valence electrons. The lowest BCUT2D eigenvalue weighted by atomic mass is 10.3. The maximum absolute atomic E-state index is 11.8. The van der Waals surface area contributed by atoms with Gasteiger partial charge in [-0.25, -0.2) is 9.97 Å². The van der Waals surface area contributed by atoms with Crippen LogP contribution in [0.3, 0.4) is 0 Å². The first-order valence-corrected chi connectivity index (χ1v) is 5.24. The Morgan fingerprint density at radius 1 is 1.25 bits per heavy atom. The molecule has 1 amide bonds. The van der Waals surface area contributed by atoms with E-state index in [1.165, 1.54) is 18.6 Å². The van der Waals surface area contributed by atoms with Gasteiger partial charge in [-0.15, -0.1) is 0 Å². The topological polar surface area (TPSA) is 67.8 Å². The molecular formula is C10H7BrN4O. The molecule has 2 heterocycles. The molecule has 2 rings (SSSR count). The molecule has 0 bridgehead atoms. The van der Waals surface area contributed by atoms with Gasteiger partial charge in [0.1, 0.15) is 5.69 Å². The lowest BCUT2D eigenvalue weighted by molar-refractivity contribution is 0.102. The maximum Gasteiger partial charge on any atom is 0.276 e. The quantitative estimate of drug-likeness (QED) is 0.911. The van der Waals surface area contributed by atoms with Crippen molar-refractivity contribution in [1.29, 1.82) is 0 Å². The number of anilines is 1. The van der Waals surface area contributed by atoms with Gasteiger partial charge in [-0.1, -0.05) is 0 Å². The van der Waals surface area contributed by atoms with Crippen LogP contribution in [0, 0.1) is 0 Å². The Hall–Kier alpha value is -1.82. The average Bonchev–Trinajstić information content (AvgIpc) is 2.31. The smallest absolute Gasteiger partial charge is 0.276 e. The van der Waals surface area contributed by atoms with Crippen LogP contribution in [0.5, 0.6) is 0 Å². The molecule has 0 saturated carbocycles. The third-order valence-corrected chi connectivity index (χ3v) is 2.42. The Kier molecular flexibility index (Phi) is 3.21. The lowest BCUT2D eigenvalue weighted by Gasteiger charge is -2.03. The number of carbonyl (C=O) groups is 1. The zero-order chi connectivity index (χ0) is 11.4. The molecule has 5 nitrogen and oxygen atoms in total. The summed E-state index contributed by atoms with van der Waals surface area (Å²) in [6, 6.07) is 3.49. The molecule has 1 N–H and O–H groups in total. The predicted molar refractivity (Wildman–Crippen MR) is 61.9 cm³/mol. The van der Waals surface area contributed by atoms with Crippen molar-refractivity contribution in [3.8, 4) is 0 Å². The Labute approximate surface area is 100 Å². The van der Waals surface area contributed by atoms with Gasteiger partial charge in [0.15, 0.2) is 5.82 Å². The summed E-state index contributed by atoms with van der Waals surface area (Å²) in [4.78, 5) is 23.5. The number of hydrogen-bond donors (Lipinski definition) is 1. The minimum Gasteiger partial charge on any atom is -0.304 e. The van der Waals surface area contributed by atoms with Crippen LogP contribution in [0.4, 0.5) is 5.82 Å². The summed E-state index contributed by atoms with van der Waals surface area (Å²) in [5, 5.41) is 2.59. The molecule has 0 unspecified atom stereocenters. The first kappa shape index (κ1) is 10.7. The second-order valence-electron chi connectivity index (χ2n) is 2.88. The van der Waals surface area contributed by atoms with Gasteiger partial charge >= 0.3 is 0 Å². The van der Waals surface area contributed by atoms with E-state index in [-0.39, 0.29) is 5.91 Å². The van der Waals surface area contributed by atoms with Crippen LogP contribution >= 0.6 is 15.9 Å². The SMILES string of the molecule is O=C(Nc1cnccn1)c1ncccc1Br. The van der Waals surface area contributed by atoms with Crippen LogP contribution in [-0.4, -0.2) is 20.9 Å². The molecule has 16 heavy (non-hydrogen) atoms. The van der Waals surface area contributed by atoms with Gasteiger partial charge in [-0.3, -0.25) is 9.78 Å². The standard InChI is InChI=1S/C10H7BrN4O/c11-7-2-1-3-14-9(7)10(16)15-8-6-12-4-5-13-8/h1-6H,(H,13,15,16). The number of pyridine rings is 1. The molecule has 0 fully saturated rings. The van der Waals surface area contributed by atoms with Crippen molar-refractivity contribution >= 4 is 27.7 Å². The fourth-order valence-electron chi connectivity index (χ4n) is 1.09. The van der Waals surface area contributed by atoms with Crippen molar-refractivity contribution in [2.75, 3.05) is 5.32 Å². The van der Waals surface area contributed by atoms with Crippen molar-refractivity contribution in [2.24, 2.45) is 0 Å². The molecule has 2 aromatic heterocycles. The van der Waals surface area contributed by atoms with E-state index in [0.29, 0.717) is 16.0 Å². The second-order valence-corrected chi connectivity index (χ2v) is 3.73. The highest BCUT2D eigenvalue weighted by Crippen LogP contribution is 2.14. The van der Waals surface area contributed by atoms with Crippen molar-refractivity contribution in [3.63, 3.8) is 0 Å². The van der Waals surface area contributed by atoms with Crippen molar-refractivity contribution in [3.05, 3.63) is 47.1 Å². The van der Waals surface area contributed by atoms with Crippen LogP contribution in [0.15, 0.2) is 41.4 Å². The lowest BCUT2D eigenvalue weighted by Crippen LogP contribution is -2.15. The number of rotatable bonds is 2. The summed E-state index contributed by atoms with van der Waals surface area (Å²) in [5.74, 6) is 0.0676. The number of nitrogens with zero attached hydrogens (tertiary/aromatic N) is 3. The molecule has 6 heteroatoms. The molecule has 0 aliphatic heterocycles. The molecule has 0 radical (unpaired) electrons. The number of carbonyl (C=O) groups excluding carboxylic acids is 1. The van der Waals surface area contributed by atoms with E-state index in [0.717, 1.165) is 0 Å². The summed E-state index contributed by atoms with van der Waals surface area (Å²) in [6.07, 6.45) is 6.06. The Balaban J connectivity index is 2.19. The first-order valence-electron chi connectivity index (χ1n) is 4.45. The Morgan fingerprint density at radius 3 is 2.81 bits per heavy atom. The third kappa shape index (κ3) is 2.40. The minimum atomic E-state index is -0.326.